The Labute approximate surface area is 91.9 Å². The normalized spacial score (nSPS) is 10.1. The van der Waals surface area contributed by atoms with Crippen molar-refractivity contribution in [2.75, 3.05) is 0 Å². The molecular formula is C11H9N3O2. The molecule has 0 aliphatic rings. The minimum atomic E-state index is -0.419. The molecule has 0 atom stereocenters. The number of benzene rings is 1. The van der Waals surface area contributed by atoms with Crippen LogP contribution in [0.15, 0.2) is 36.5 Å². The second-order valence-electron chi connectivity index (χ2n) is 3.30. The number of hydrogen-bond donors (Lipinski definition) is 0. The van der Waals surface area contributed by atoms with Crippen LogP contribution in [0.2, 0.25) is 0 Å². The standard InChI is InChI=1S/C11H9N3O2/c1-8-12-6-5-11(13-8)9-3-2-4-10(7-9)14(15)16/h2-7H,1H3. The van der Waals surface area contributed by atoms with Gasteiger partial charge < -0.3 is 0 Å². The lowest BCUT2D eigenvalue weighted by atomic mass is 10.1. The van der Waals surface area contributed by atoms with Gasteiger partial charge in [0, 0.05) is 23.9 Å². The third kappa shape index (κ3) is 2.03. The minimum Gasteiger partial charge on any atom is -0.258 e. The molecule has 5 heteroatoms. The van der Waals surface area contributed by atoms with Crippen molar-refractivity contribution in [3.05, 3.63) is 52.5 Å². The van der Waals surface area contributed by atoms with Crippen molar-refractivity contribution in [3.8, 4) is 11.3 Å². The van der Waals surface area contributed by atoms with Crippen LogP contribution in [0.3, 0.4) is 0 Å². The highest BCUT2D eigenvalue weighted by Gasteiger charge is 2.07. The topological polar surface area (TPSA) is 68.9 Å². The van der Waals surface area contributed by atoms with E-state index in [0.717, 1.165) is 5.56 Å². The molecule has 2 aromatic rings. The Hall–Kier alpha value is -2.30. The first-order valence-electron chi connectivity index (χ1n) is 4.71. The molecule has 1 aromatic heterocycles. The molecule has 0 aliphatic carbocycles. The Morgan fingerprint density at radius 3 is 2.81 bits per heavy atom. The van der Waals surface area contributed by atoms with Crippen LogP contribution in [0, 0.1) is 17.0 Å². The van der Waals surface area contributed by atoms with Gasteiger partial charge in [-0.25, -0.2) is 9.97 Å². The van der Waals surface area contributed by atoms with E-state index in [1.165, 1.54) is 12.1 Å². The fourth-order valence-electron chi connectivity index (χ4n) is 1.40. The predicted octanol–water partition coefficient (Wildman–Crippen LogP) is 2.36. The van der Waals surface area contributed by atoms with Crippen molar-refractivity contribution in [2.45, 2.75) is 6.92 Å². The summed E-state index contributed by atoms with van der Waals surface area (Å²) in [5.74, 6) is 0.643. The SMILES string of the molecule is Cc1nccc(-c2cccc([N+](=O)[O-])c2)n1. The van der Waals surface area contributed by atoms with E-state index >= 15 is 0 Å². The molecule has 80 valence electrons. The van der Waals surface area contributed by atoms with Crippen LogP contribution in [-0.4, -0.2) is 14.9 Å². The monoisotopic (exact) mass is 215 g/mol. The Morgan fingerprint density at radius 1 is 1.31 bits per heavy atom. The summed E-state index contributed by atoms with van der Waals surface area (Å²) >= 11 is 0. The van der Waals surface area contributed by atoms with Gasteiger partial charge in [-0.1, -0.05) is 12.1 Å². The van der Waals surface area contributed by atoms with Gasteiger partial charge in [-0.15, -0.1) is 0 Å². The van der Waals surface area contributed by atoms with Gasteiger partial charge in [-0.3, -0.25) is 10.1 Å². The average Bonchev–Trinajstić information content (AvgIpc) is 2.29. The summed E-state index contributed by atoms with van der Waals surface area (Å²) < 4.78 is 0. The Balaban J connectivity index is 2.48. The van der Waals surface area contributed by atoms with Gasteiger partial charge >= 0.3 is 0 Å². The maximum absolute atomic E-state index is 10.6. The Bertz CT molecular complexity index is 540. The molecule has 16 heavy (non-hydrogen) atoms. The summed E-state index contributed by atoms with van der Waals surface area (Å²) in [7, 11) is 0. The molecule has 0 saturated carbocycles. The minimum absolute atomic E-state index is 0.0637. The summed E-state index contributed by atoms with van der Waals surface area (Å²) in [5.41, 5.74) is 1.48. The first-order valence-corrected chi connectivity index (χ1v) is 4.71. The zero-order valence-electron chi connectivity index (χ0n) is 8.62. The second-order valence-corrected chi connectivity index (χ2v) is 3.30. The first-order chi connectivity index (χ1) is 7.66. The quantitative estimate of drug-likeness (QED) is 0.569. The van der Waals surface area contributed by atoms with Crippen LogP contribution in [0.25, 0.3) is 11.3 Å². The van der Waals surface area contributed by atoms with Crippen LogP contribution in [0.4, 0.5) is 5.69 Å². The van der Waals surface area contributed by atoms with Gasteiger partial charge in [0.1, 0.15) is 5.82 Å². The lowest BCUT2D eigenvalue weighted by molar-refractivity contribution is -0.384. The van der Waals surface area contributed by atoms with Crippen molar-refractivity contribution in [1.82, 2.24) is 9.97 Å². The number of aryl methyl sites for hydroxylation is 1. The fraction of sp³-hybridized carbons (Fsp3) is 0.0909. The summed E-state index contributed by atoms with van der Waals surface area (Å²) in [5, 5.41) is 10.6. The van der Waals surface area contributed by atoms with Gasteiger partial charge in [0.2, 0.25) is 0 Å². The molecule has 0 N–H and O–H groups in total. The molecule has 0 unspecified atom stereocenters. The highest BCUT2D eigenvalue weighted by atomic mass is 16.6. The number of nitro benzene ring substituents is 1. The van der Waals surface area contributed by atoms with E-state index in [1.807, 2.05) is 0 Å². The summed E-state index contributed by atoms with van der Waals surface area (Å²) in [6.07, 6.45) is 1.64. The van der Waals surface area contributed by atoms with Crippen molar-refractivity contribution in [1.29, 1.82) is 0 Å². The van der Waals surface area contributed by atoms with E-state index in [0.29, 0.717) is 11.5 Å². The predicted molar refractivity (Wildman–Crippen MR) is 58.9 cm³/mol. The smallest absolute Gasteiger partial charge is 0.258 e. The zero-order valence-corrected chi connectivity index (χ0v) is 8.62. The summed E-state index contributed by atoms with van der Waals surface area (Å²) in [6, 6.07) is 8.12. The molecular weight excluding hydrogens is 206 g/mol. The lowest BCUT2D eigenvalue weighted by Gasteiger charge is -2.00. The van der Waals surface area contributed by atoms with Crippen molar-refractivity contribution >= 4 is 5.69 Å². The van der Waals surface area contributed by atoms with Crippen molar-refractivity contribution in [2.24, 2.45) is 0 Å². The summed E-state index contributed by atoms with van der Waals surface area (Å²) in [6.45, 7) is 1.78. The highest BCUT2D eigenvalue weighted by Crippen LogP contribution is 2.21. The number of nitro groups is 1. The van der Waals surface area contributed by atoms with Gasteiger partial charge in [0.25, 0.3) is 5.69 Å². The molecule has 0 spiro atoms. The zero-order chi connectivity index (χ0) is 11.5. The van der Waals surface area contributed by atoms with Crippen molar-refractivity contribution < 1.29 is 4.92 Å². The molecule has 0 radical (unpaired) electrons. The molecule has 0 aliphatic heterocycles. The number of hydrogen-bond acceptors (Lipinski definition) is 4. The van der Waals surface area contributed by atoms with E-state index in [2.05, 4.69) is 9.97 Å². The van der Waals surface area contributed by atoms with E-state index in [1.54, 1.807) is 31.3 Å². The van der Waals surface area contributed by atoms with Crippen LogP contribution in [0.1, 0.15) is 5.82 Å². The molecule has 5 nitrogen and oxygen atoms in total. The van der Waals surface area contributed by atoms with Crippen LogP contribution >= 0.6 is 0 Å². The average molecular weight is 215 g/mol. The van der Waals surface area contributed by atoms with Gasteiger partial charge in [-0.2, -0.15) is 0 Å². The molecule has 0 saturated heterocycles. The Morgan fingerprint density at radius 2 is 2.12 bits per heavy atom. The van der Waals surface area contributed by atoms with Gasteiger partial charge in [0.15, 0.2) is 0 Å². The maximum atomic E-state index is 10.6. The van der Waals surface area contributed by atoms with Gasteiger partial charge in [-0.05, 0) is 13.0 Å². The molecule has 1 heterocycles. The number of rotatable bonds is 2. The molecule has 0 amide bonds. The fourth-order valence-corrected chi connectivity index (χ4v) is 1.40. The first kappa shape index (κ1) is 10.2. The van der Waals surface area contributed by atoms with E-state index in [-0.39, 0.29) is 5.69 Å². The highest BCUT2D eigenvalue weighted by molar-refractivity contribution is 5.62. The Kier molecular flexibility index (Phi) is 2.59. The van der Waals surface area contributed by atoms with Crippen molar-refractivity contribution in [3.63, 3.8) is 0 Å². The summed E-state index contributed by atoms with van der Waals surface area (Å²) in [4.78, 5) is 18.4. The van der Waals surface area contributed by atoms with Crippen LogP contribution in [-0.2, 0) is 0 Å². The lowest BCUT2D eigenvalue weighted by Crippen LogP contribution is -1.91. The molecule has 0 fully saturated rings. The third-order valence-electron chi connectivity index (χ3n) is 2.13. The number of nitrogens with zero attached hydrogens (tertiary/aromatic N) is 3. The second kappa shape index (κ2) is 4.06. The third-order valence-corrected chi connectivity index (χ3v) is 2.13. The van der Waals surface area contributed by atoms with Crippen LogP contribution < -0.4 is 0 Å². The number of aromatic nitrogens is 2. The van der Waals surface area contributed by atoms with E-state index in [9.17, 15) is 10.1 Å². The largest absolute Gasteiger partial charge is 0.270 e. The van der Waals surface area contributed by atoms with Crippen LogP contribution in [0.5, 0.6) is 0 Å². The van der Waals surface area contributed by atoms with E-state index < -0.39 is 4.92 Å². The van der Waals surface area contributed by atoms with Gasteiger partial charge in [0.05, 0.1) is 10.6 Å². The molecule has 1 aromatic carbocycles. The molecule has 2 rings (SSSR count). The molecule has 0 bridgehead atoms. The van der Waals surface area contributed by atoms with E-state index in [4.69, 9.17) is 0 Å². The maximum Gasteiger partial charge on any atom is 0.270 e. The number of non-ortho nitro benzene ring substituents is 1.